The SMILES string of the molecule is CC(C)CNCC(O)CN1CCN(c2ccccn2)CC1. The van der Waals surface area contributed by atoms with Crippen molar-refractivity contribution in [3.8, 4) is 0 Å². The van der Waals surface area contributed by atoms with E-state index in [0.29, 0.717) is 12.5 Å². The summed E-state index contributed by atoms with van der Waals surface area (Å²) >= 11 is 0. The number of aromatic nitrogens is 1. The lowest BCUT2D eigenvalue weighted by molar-refractivity contribution is 0.107. The molecule has 0 bridgehead atoms. The highest BCUT2D eigenvalue weighted by Gasteiger charge is 2.19. The zero-order valence-corrected chi connectivity index (χ0v) is 13.2. The Balaban J connectivity index is 1.67. The Labute approximate surface area is 128 Å². The molecule has 5 nitrogen and oxygen atoms in total. The van der Waals surface area contributed by atoms with Gasteiger partial charge < -0.3 is 15.3 Å². The van der Waals surface area contributed by atoms with E-state index < -0.39 is 0 Å². The molecule has 0 radical (unpaired) electrons. The van der Waals surface area contributed by atoms with Crippen molar-refractivity contribution in [1.82, 2.24) is 15.2 Å². The number of β-amino-alcohol motifs (C(OH)–C–C–N with tert-alkyl or cyclic N) is 1. The highest BCUT2D eigenvalue weighted by Crippen LogP contribution is 2.12. The van der Waals surface area contributed by atoms with Crippen LogP contribution in [0.25, 0.3) is 0 Å². The summed E-state index contributed by atoms with van der Waals surface area (Å²) in [6.07, 6.45) is 1.55. The van der Waals surface area contributed by atoms with Gasteiger partial charge in [0.25, 0.3) is 0 Å². The van der Waals surface area contributed by atoms with Gasteiger partial charge in [0.05, 0.1) is 6.10 Å². The van der Waals surface area contributed by atoms with Crippen molar-refractivity contribution in [3.05, 3.63) is 24.4 Å². The van der Waals surface area contributed by atoms with Crippen LogP contribution in [0.5, 0.6) is 0 Å². The largest absolute Gasteiger partial charge is 0.390 e. The molecule has 0 aromatic carbocycles. The summed E-state index contributed by atoms with van der Waals surface area (Å²) in [6.45, 7) is 10.7. The summed E-state index contributed by atoms with van der Waals surface area (Å²) in [4.78, 5) is 9.03. The Bertz CT molecular complexity index is 391. The number of aliphatic hydroxyl groups is 1. The van der Waals surface area contributed by atoms with E-state index in [1.54, 1.807) is 0 Å². The minimum atomic E-state index is -0.287. The third-order valence-corrected chi connectivity index (χ3v) is 3.75. The van der Waals surface area contributed by atoms with Crippen LogP contribution in [0.1, 0.15) is 13.8 Å². The van der Waals surface area contributed by atoms with Crippen LogP contribution in [-0.2, 0) is 0 Å². The molecule has 1 aliphatic heterocycles. The Morgan fingerprint density at radius 2 is 1.95 bits per heavy atom. The molecule has 2 heterocycles. The van der Waals surface area contributed by atoms with Gasteiger partial charge in [-0.05, 0) is 24.6 Å². The minimum absolute atomic E-state index is 0.287. The first-order valence-electron chi connectivity index (χ1n) is 7.92. The van der Waals surface area contributed by atoms with Gasteiger partial charge in [-0.15, -0.1) is 0 Å². The number of aliphatic hydroxyl groups excluding tert-OH is 1. The topological polar surface area (TPSA) is 51.6 Å². The quantitative estimate of drug-likeness (QED) is 0.779. The van der Waals surface area contributed by atoms with Gasteiger partial charge in [-0.1, -0.05) is 19.9 Å². The maximum absolute atomic E-state index is 10.1. The molecular weight excluding hydrogens is 264 g/mol. The Kier molecular flexibility index (Phi) is 6.42. The molecule has 1 aromatic rings. The van der Waals surface area contributed by atoms with Crippen molar-refractivity contribution in [2.75, 3.05) is 50.7 Å². The third-order valence-electron chi connectivity index (χ3n) is 3.75. The van der Waals surface area contributed by atoms with E-state index in [1.165, 1.54) is 0 Å². The molecule has 5 heteroatoms. The Morgan fingerprint density at radius 1 is 1.19 bits per heavy atom. The maximum Gasteiger partial charge on any atom is 0.128 e. The number of pyridine rings is 1. The first kappa shape index (κ1) is 16.2. The third kappa shape index (κ3) is 5.61. The highest BCUT2D eigenvalue weighted by molar-refractivity contribution is 5.38. The molecule has 1 aromatic heterocycles. The lowest BCUT2D eigenvalue weighted by Gasteiger charge is -2.36. The number of anilines is 1. The van der Waals surface area contributed by atoms with E-state index in [-0.39, 0.29) is 6.10 Å². The summed E-state index contributed by atoms with van der Waals surface area (Å²) in [5.74, 6) is 1.68. The van der Waals surface area contributed by atoms with E-state index in [9.17, 15) is 5.11 Å². The van der Waals surface area contributed by atoms with Gasteiger partial charge in [0.1, 0.15) is 5.82 Å². The van der Waals surface area contributed by atoms with Crippen molar-refractivity contribution < 1.29 is 5.11 Å². The van der Waals surface area contributed by atoms with E-state index in [4.69, 9.17) is 0 Å². The number of nitrogens with one attached hydrogen (secondary N) is 1. The van der Waals surface area contributed by atoms with Gasteiger partial charge in [0.15, 0.2) is 0 Å². The zero-order chi connectivity index (χ0) is 15.1. The maximum atomic E-state index is 10.1. The molecule has 1 fully saturated rings. The average Bonchev–Trinajstić information content (AvgIpc) is 2.48. The van der Waals surface area contributed by atoms with Crippen molar-refractivity contribution >= 4 is 5.82 Å². The molecule has 21 heavy (non-hydrogen) atoms. The molecule has 0 saturated carbocycles. The van der Waals surface area contributed by atoms with E-state index >= 15 is 0 Å². The first-order valence-corrected chi connectivity index (χ1v) is 7.92. The Hall–Kier alpha value is -1.17. The molecule has 0 amide bonds. The highest BCUT2D eigenvalue weighted by atomic mass is 16.3. The second-order valence-corrected chi connectivity index (χ2v) is 6.18. The number of hydrogen-bond donors (Lipinski definition) is 2. The number of piperazine rings is 1. The predicted molar refractivity (Wildman–Crippen MR) is 86.6 cm³/mol. The lowest BCUT2D eigenvalue weighted by atomic mass is 10.2. The summed E-state index contributed by atoms with van der Waals surface area (Å²) in [5, 5.41) is 13.4. The molecular formula is C16H28N4O. The minimum Gasteiger partial charge on any atom is -0.390 e. The number of nitrogens with zero attached hydrogens (tertiary/aromatic N) is 3. The van der Waals surface area contributed by atoms with E-state index in [1.807, 2.05) is 18.3 Å². The smallest absolute Gasteiger partial charge is 0.128 e. The van der Waals surface area contributed by atoms with Crippen molar-refractivity contribution in [2.24, 2.45) is 5.92 Å². The molecule has 1 atom stereocenters. The standard InChI is InChI=1S/C16H28N4O/c1-14(2)11-17-12-15(21)13-19-7-9-20(10-8-19)16-5-3-4-6-18-16/h3-6,14-15,17,21H,7-13H2,1-2H3. The molecule has 1 unspecified atom stereocenters. The second kappa shape index (κ2) is 8.32. The predicted octanol–water partition coefficient (Wildman–Crippen LogP) is 0.810. The summed E-state index contributed by atoms with van der Waals surface area (Å²) in [5.41, 5.74) is 0. The summed E-state index contributed by atoms with van der Waals surface area (Å²) < 4.78 is 0. The summed E-state index contributed by atoms with van der Waals surface area (Å²) in [6, 6.07) is 6.03. The molecule has 1 saturated heterocycles. The fraction of sp³-hybridized carbons (Fsp3) is 0.688. The van der Waals surface area contributed by atoms with Crippen LogP contribution in [0.2, 0.25) is 0 Å². The average molecular weight is 292 g/mol. The number of hydrogen-bond acceptors (Lipinski definition) is 5. The van der Waals surface area contributed by atoms with E-state index in [2.05, 4.69) is 40.0 Å². The molecule has 0 spiro atoms. The van der Waals surface area contributed by atoms with Crippen LogP contribution in [0.15, 0.2) is 24.4 Å². The monoisotopic (exact) mass is 292 g/mol. The van der Waals surface area contributed by atoms with Crippen LogP contribution in [0.4, 0.5) is 5.82 Å². The van der Waals surface area contributed by atoms with Gasteiger partial charge >= 0.3 is 0 Å². The van der Waals surface area contributed by atoms with Gasteiger partial charge in [0.2, 0.25) is 0 Å². The molecule has 118 valence electrons. The molecule has 1 aliphatic rings. The van der Waals surface area contributed by atoms with Crippen LogP contribution in [0, 0.1) is 5.92 Å². The van der Waals surface area contributed by atoms with Crippen LogP contribution >= 0.6 is 0 Å². The zero-order valence-electron chi connectivity index (χ0n) is 13.2. The fourth-order valence-electron chi connectivity index (χ4n) is 2.60. The van der Waals surface area contributed by atoms with Crippen LogP contribution in [-0.4, -0.2) is 66.9 Å². The second-order valence-electron chi connectivity index (χ2n) is 6.18. The van der Waals surface area contributed by atoms with Gasteiger partial charge in [-0.25, -0.2) is 4.98 Å². The van der Waals surface area contributed by atoms with Gasteiger partial charge in [-0.3, -0.25) is 4.90 Å². The lowest BCUT2D eigenvalue weighted by Crippen LogP contribution is -2.50. The van der Waals surface area contributed by atoms with Crippen molar-refractivity contribution in [2.45, 2.75) is 20.0 Å². The first-order chi connectivity index (χ1) is 10.1. The van der Waals surface area contributed by atoms with Crippen molar-refractivity contribution in [1.29, 1.82) is 0 Å². The van der Waals surface area contributed by atoms with Crippen LogP contribution in [0.3, 0.4) is 0 Å². The number of rotatable bonds is 7. The molecule has 2 rings (SSSR count). The Morgan fingerprint density at radius 3 is 2.57 bits per heavy atom. The van der Waals surface area contributed by atoms with E-state index in [0.717, 1.165) is 45.1 Å². The van der Waals surface area contributed by atoms with Crippen LogP contribution < -0.4 is 10.2 Å². The normalized spacial score (nSPS) is 18.2. The summed E-state index contributed by atoms with van der Waals surface area (Å²) in [7, 11) is 0. The van der Waals surface area contributed by atoms with Crippen molar-refractivity contribution in [3.63, 3.8) is 0 Å². The van der Waals surface area contributed by atoms with Gasteiger partial charge in [-0.2, -0.15) is 0 Å². The fourth-order valence-corrected chi connectivity index (χ4v) is 2.60. The molecule has 2 N–H and O–H groups in total. The van der Waals surface area contributed by atoms with Gasteiger partial charge in [0, 0.05) is 45.5 Å². The molecule has 0 aliphatic carbocycles.